The summed E-state index contributed by atoms with van der Waals surface area (Å²) in [7, 11) is 0. The standard InChI is InChI=1S/C20H15FN2O2.C6H12.C2H4O3/c1-2-12-7-9-13(10-8-12)16-17-19(24)22-11-23-20(17)25-18(16)14-5-3-4-6-15(14)21;1-2-4-6-5-3-1;3-1-2(4)5/h3-11H,2H2,1H3,(H,22,23,24);1-6H2;3H,1H2,(H,4,5). The van der Waals surface area contributed by atoms with Gasteiger partial charge in [-0.1, -0.05) is 81.8 Å². The first-order valence-corrected chi connectivity index (χ1v) is 12.1. The highest BCUT2D eigenvalue weighted by Crippen LogP contribution is 2.39. The molecule has 1 fully saturated rings. The van der Waals surface area contributed by atoms with E-state index in [9.17, 15) is 9.18 Å². The number of rotatable bonds is 4. The van der Waals surface area contributed by atoms with Crippen molar-refractivity contribution < 1.29 is 23.8 Å². The van der Waals surface area contributed by atoms with Crippen LogP contribution in [0.25, 0.3) is 33.6 Å². The molecule has 1 aliphatic rings. The summed E-state index contributed by atoms with van der Waals surface area (Å²) in [6.45, 7) is 1.29. The lowest BCUT2D eigenvalue weighted by molar-refractivity contribution is -0.140. The van der Waals surface area contributed by atoms with Crippen LogP contribution in [0.15, 0.2) is 64.1 Å². The number of furan rings is 1. The maximum atomic E-state index is 14.4. The summed E-state index contributed by atoms with van der Waals surface area (Å²) in [5.41, 5.74) is 2.69. The summed E-state index contributed by atoms with van der Waals surface area (Å²) in [4.78, 5) is 28.2. The van der Waals surface area contributed by atoms with E-state index in [1.165, 1.54) is 56.5 Å². The number of nitrogens with zero attached hydrogens (tertiary/aromatic N) is 1. The number of aryl methyl sites for hydroxylation is 1. The second-order valence-electron chi connectivity index (χ2n) is 8.42. The van der Waals surface area contributed by atoms with E-state index in [2.05, 4.69) is 16.9 Å². The third-order valence-corrected chi connectivity index (χ3v) is 5.90. The van der Waals surface area contributed by atoms with Crippen molar-refractivity contribution in [2.75, 3.05) is 6.61 Å². The highest BCUT2D eigenvalue weighted by atomic mass is 19.1. The molecule has 1 aliphatic carbocycles. The van der Waals surface area contributed by atoms with E-state index in [-0.39, 0.29) is 11.3 Å². The van der Waals surface area contributed by atoms with Gasteiger partial charge in [0.2, 0.25) is 5.71 Å². The number of carbonyl (C=O) groups is 1. The van der Waals surface area contributed by atoms with Crippen molar-refractivity contribution in [1.29, 1.82) is 0 Å². The third kappa shape index (κ3) is 6.88. The minimum atomic E-state index is -1.19. The molecule has 3 N–H and O–H groups in total. The molecule has 8 heteroatoms. The van der Waals surface area contributed by atoms with Crippen molar-refractivity contribution in [3.05, 3.63) is 76.6 Å². The van der Waals surface area contributed by atoms with Crippen LogP contribution in [0.1, 0.15) is 51.0 Å². The van der Waals surface area contributed by atoms with Crippen LogP contribution in [0.4, 0.5) is 4.39 Å². The molecule has 5 rings (SSSR count). The zero-order valence-electron chi connectivity index (χ0n) is 20.3. The van der Waals surface area contributed by atoms with E-state index in [1.54, 1.807) is 18.2 Å². The highest BCUT2D eigenvalue weighted by Gasteiger charge is 2.22. The van der Waals surface area contributed by atoms with Gasteiger partial charge >= 0.3 is 5.97 Å². The van der Waals surface area contributed by atoms with E-state index in [1.807, 2.05) is 24.3 Å². The third-order valence-electron chi connectivity index (χ3n) is 5.90. The van der Waals surface area contributed by atoms with E-state index in [4.69, 9.17) is 19.4 Å². The normalized spacial score (nSPS) is 12.8. The van der Waals surface area contributed by atoms with Gasteiger partial charge in [-0.05, 0) is 29.7 Å². The van der Waals surface area contributed by atoms with Crippen LogP contribution >= 0.6 is 0 Å². The smallest absolute Gasteiger partial charge is 0.329 e. The number of carboxylic acids is 1. The molecule has 0 unspecified atom stereocenters. The van der Waals surface area contributed by atoms with Crippen molar-refractivity contribution in [1.82, 2.24) is 9.97 Å². The van der Waals surface area contributed by atoms with E-state index >= 15 is 0 Å². The summed E-state index contributed by atoms with van der Waals surface area (Å²) < 4.78 is 20.1. The number of H-pyrrole nitrogens is 1. The van der Waals surface area contributed by atoms with Crippen LogP contribution in [-0.4, -0.2) is 32.8 Å². The number of carboxylic acid groups (broad SMARTS) is 1. The molecule has 0 saturated heterocycles. The van der Waals surface area contributed by atoms with Gasteiger partial charge in [0.25, 0.3) is 5.56 Å². The zero-order chi connectivity index (χ0) is 25.9. The molecule has 4 aromatic rings. The quantitative estimate of drug-likeness (QED) is 0.323. The van der Waals surface area contributed by atoms with Crippen LogP contribution in [0.3, 0.4) is 0 Å². The van der Waals surface area contributed by atoms with Crippen LogP contribution in [0.2, 0.25) is 0 Å². The Bertz CT molecular complexity index is 1310. The number of nitrogens with one attached hydrogen (secondary N) is 1. The summed E-state index contributed by atoms with van der Waals surface area (Å²) in [5, 5.41) is 15.3. The van der Waals surface area contributed by atoms with Gasteiger partial charge in [0.1, 0.15) is 23.6 Å². The fourth-order valence-electron chi connectivity index (χ4n) is 4.02. The Kier molecular flexibility index (Phi) is 9.94. The number of hydrogen-bond donors (Lipinski definition) is 3. The predicted molar refractivity (Wildman–Crippen MR) is 137 cm³/mol. The van der Waals surface area contributed by atoms with Crippen molar-refractivity contribution in [3.8, 4) is 22.5 Å². The Morgan fingerprint density at radius 3 is 2.14 bits per heavy atom. The molecule has 0 amide bonds. The zero-order valence-corrected chi connectivity index (χ0v) is 20.3. The Morgan fingerprint density at radius 2 is 1.61 bits per heavy atom. The molecular weight excluding hydrogens is 463 g/mol. The van der Waals surface area contributed by atoms with Crippen molar-refractivity contribution in [3.63, 3.8) is 0 Å². The van der Waals surface area contributed by atoms with Gasteiger partial charge in [-0.15, -0.1) is 0 Å². The average molecular weight is 495 g/mol. The van der Waals surface area contributed by atoms with Crippen LogP contribution in [0.5, 0.6) is 0 Å². The second-order valence-corrected chi connectivity index (χ2v) is 8.42. The highest BCUT2D eigenvalue weighted by molar-refractivity contribution is 5.99. The molecule has 0 spiro atoms. The lowest BCUT2D eigenvalue weighted by atomic mass is 9.98. The molecule has 7 nitrogen and oxygen atoms in total. The first-order valence-electron chi connectivity index (χ1n) is 12.1. The number of aliphatic carboxylic acids is 1. The van der Waals surface area contributed by atoms with E-state index in [0.717, 1.165) is 12.0 Å². The summed E-state index contributed by atoms with van der Waals surface area (Å²) >= 11 is 0. The number of aromatic nitrogens is 2. The SMILES string of the molecule is C1CCCCC1.CCc1ccc(-c2c(-c3ccccc3F)oc3nc[nH]c(=O)c23)cc1.O=C(O)CO. The maximum Gasteiger partial charge on any atom is 0.329 e. The number of fused-ring (bicyclic) bond motifs is 1. The Balaban J connectivity index is 0.000000273. The molecule has 36 heavy (non-hydrogen) atoms. The lowest BCUT2D eigenvalue weighted by Crippen LogP contribution is -2.05. The van der Waals surface area contributed by atoms with Crippen LogP contribution < -0.4 is 5.56 Å². The predicted octanol–water partition coefficient (Wildman–Crippen LogP) is 5.96. The topological polar surface area (TPSA) is 116 Å². The number of aromatic amines is 1. The number of aliphatic hydroxyl groups is 1. The lowest BCUT2D eigenvalue weighted by Gasteiger charge is -2.05. The van der Waals surface area contributed by atoms with Crippen molar-refractivity contribution in [2.45, 2.75) is 51.9 Å². The number of aliphatic hydroxyl groups excluding tert-OH is 1. The maximum absolute atomic E-state index is 14.4. The average Bonchev–Trinajstić information content (AvgIpc) is 3.31. The molecule has 0 bridgehead atoms. The molecule has 2 heterocycles. The van der Waals surface area contributed by atoms with E-state index < -0.39 is 18.4 Å². The van der Waals surface area contributed by atoms with Crippen molar-refractivity contribution >= 4 is 17.1 Å². The number of hydrogen-bond acceptors (Lipinski definition) is 5. The Hall–Kier alpha value is -3.78. The Labute approximate surface area is 208 Å². The molecule has 2 aromatic heterocycles. The molecule has 0 radical (unpaired) electrons. The fraction of sp³-hybridized carbons (Fsp3) is 0.321. The molecule has 0 atom stereocenters. The molecular formula is C28H31FN2O5. The fourth-order valence-corrected chi connectivity index (χ4v) is 4.02. The van der Waals surface area contributed by atoms with Gasteiger partial charge in [-0.2, -0.15) is 0 Å². The minimum absolute atomic E-state index is 0.191. The minimum Gasteiger partial charge on any atom is -0.480 e. The van der Waals surface area contributed by atoms with Gasteiger partial charge in [0.05, 0.1) is 11.9 Å². The van der Waals surface area contributed by atoms with Gasteiger partial charge in [-0.25, -0.2) is 14.2 Å². The summed E-state index contributed by atoms with van der Waals surface area (Å²) in [6.07, 6.45) is 11.2. The molecule has 1 saturated carbocycles. The summed E-state index contributed by atoms with van der Waals surface area (Å²) in [6, 6.07) is 14.2. The van der Waals surface area contributed by atoms with Gasteiger partial charge < -0.3 is 19.6 Å². The molecule has 0 aliphatic heterocycles. The number of halogens is 1. The van der Waals surface area contributed by atoms with Crippen LogP contribution in [-0.2, 0) is 11.2 Å². The van der Waals surface area contributed by atoms with Crippen molar-refractivity contribution in [2.24, 2.45) is 0 Å². The van der Waals surface area contributed by atoms with Gasteiger partial charge in [-0.3, -0.25) is 4.79 Å². The van der Waals surface area contributed by atoms with Gasteiger partial charge in [0, 0.05) is 5.56 Å². The number of benzene rings is 2. The van der Waals surface area contributed by atoms with E-state index in [0.29, 0.717) is 22.3 Å². The van der Waals surface area contributed by atoms with Gasteiger partial charge in [0.15, 0.2) is 0 Å². The second kappa shape index (κ2) is 13.3. The first-order chi connectivity index (χ1) is 17.5. The molecule has 2 aromatic carbocycles. The first kappa shape index (κ1) is 26.8. The van der Waals surface area contributed by atoms with Crippen LogP contribution in [0, 0.1) is 5.82 Å². The monoisotopic (exact) mass is 494 g/mol. The molecule has 190 valence electrons. The summed E-state index contributed by atoms with van der Waals surface area (Å²) in [5.74, 6) is -1.30. The largest absolute Gasteiger partial charge is 0.480 e. The Morgan fingerprint density at radius 1 is 1.03 bits per heavy atom.